The second kappa shape index (κ2) is 7.96. The molecule has 166 valence electrons. The molecule has 0 unspecified atom stereocenters. The van der Waals surface area contributed by atoms with Gasteiger partial charge in [0.1, 0.15) is 11.4 Å². The van der Waals surface area contributed by atoms with Crippen molar-refractivity contribution in [3.8, 4) is 22.5 Å². The molecular formula is C23H15F3N4O2S. The minimum atomic E-state index is -4.48. The lowest BCUT2D eigenvalue weighted by molar-refractivity contribution is -0.137. The zero-order valence-corrected chi connectivity index (χ0v) is 17.9. The van der Waals surface area contributed by atoms with Crippen LogP contribution >= 0.6 is 11.3 Å². The minimum absolute atomic E-state index is 0.00839. The van der Waals surface area contributed by atoms with Crippen LogP contribution in [-0.4, -0.2) is 19.7 Å². The number of halogens is 3. The molecule has 6 nitrogen and oxygen atoms in total. The SMILES string of the molecule is Cc1ccc(-c2csc3ncn(Cc4nc(-c5cccc(C(F)(F)F)c5)no4)c(=O)c23)cc1. The fraction of sp³-hybridized carbons (Fsp3) is 0.130. The van der Waals surface area contributed by atoms with E-state index in [9.17, 15) is 18.0 Å². The Hall–Kier alpha value is -3.79. The summed E-state index contributed by atoms with van der Waals surface area (Å²) in [5, 5.41) is 6.16. The van der Waals surface area contributed by atoms with Crippen molar-refractivity contribution in [2.75, 3.05) is 0 Å². The van der Waals surface area contributed by atoms with Gasteiger partial charge in [-0.25, -0.2) is 4.98 Å². The molecule has 10 heteroatoms. The normalized spacial score (nSPS) is 11.9. The summed E-state index contributed by atoms with van der Waals surface area (Å²) in [6, 6.07) is 12.5. The van der Waals surface area contributed by atoms with Gasteiger partial charge in [-0.15, -0.1) is 11.3 Å². The van der Waals surface area contributed by atoms with Gasteiger partial charge in [0, 0.05) is 16.5 Å². The highest BCUT2D eigenvalue weighted by Crippen LogP contribution is 2.32. The first-order chi connectivity index (χ1) is 15.8. The fourth-order valence-corrected chi connectivity index (χ4v) is 4.35. The molecule has 0 aliphatic heterocycles. The van der Waals surface area contributed by atoms with E-state index < -0.39 is 11.7 Å². The maximum atomic E-state index is 13.2. The van der Waals surface area contributed by atoms with Crippen molar-refractivity contribution in [1.29, 1.82) is 0 Å². The van der Waals surface area contributed by atoms with Gasteiger partial charge in [-0.2, -0.15) is 18.2 Å². The molecule has 0 radical (unpaired) electrons. The predicted octanol–water partition coefficient (Wildman–Crippen LogP) is 5.55. The summed E-state index contributed by atoms with van der Waals surface area (Å²) in [6.45, 7) is 1.93. The Balaban J connectivity index is 1.48. The minimum Gasteiger partial charge on any atom is -0.337 e. The summed E-state index contributed by atoms with van der Waals surface area (Å²) in [7, 11) is 0. The van der Waals surface area contributed by atoms with E-state index in [0.29, 0.717) is 10.2 Å². The second-order valence-electron chi connectivity index (χ2n) is 7.46. The zero-order valence-electron chi connectivity index (χ0n) is 17.1. The van der Waals surface area contributed by atoms with Crippen LogP contribution in [0.15, 0.2) is 69.6 Å². The van der Waals surface area contributed by atoms with Crippen molar-refractivity contribution in [2.45, 2.75) is 19.6 Å². The Kier molecular flexibility index (Phi) is 5.09. The number of alkyl halides is 3. The van der Waals surface area contributed by atoms with E-state index in [1.54, 1.807) is 0 Å². The lowest BCUT2D eigenvalue weighted by Crippen LogP contribution is -2.21. The Morgan fingerprint density at radius 2 is 1.88 bits per heavy atom. The molecular weight excluding hydrogens is 453 g/mol. The zero-order chi connectivity index (χ0) is 23.2. The highest BCUT2D eigenvalue weighted by Gasteiger charge is 2.30. The Morgan fingerprint density at radius 3 is 2.64 bits per heavy atom. The summed E-state index contributed by atoms with van der Waals surface area (Å²) < 4.78 is 45.5. The average molecular weight is 468 g/mol. The molecule has 0 N–H and O–H groups in total. The van der Waals surface area contributed by atoms with Crippen LogP contribution in [0.5, 0.6) is 0 Å². The van der Waals surface area contributed by atoms with Crippen LogP contribution < -0.4 is 5.56 Å². The van der Waals surface area contributed by atoms with Crippen molar-refractivity contribution >= 4 is 21.6 Å². The van der Waals surface area contributed by atoms with Gasteiger partial charge in [-0.05, 0) is 24.6 Å². The molecule has 0 bridgehead atoms. The first-order valence-electron chi connectivity index (χ1n) is 9.83. The third-order valence-corrected chi connectivity index (χ3v) is 6.03. The highest BCUT2D eigenvalue weighted by atomic mass is 32.1. The molecule has 3 aromatic heterocycles. The maximum Gasteiger partial charge on any atom is 0.416 e. The molecule has 5 rings (SSSR count). The largest absolute Gasteiger partial charge is 0.416 e. The molecule has 0 aliphatic rings. The third-order valence-electron chi connectivity index (χ3n) is 5.15. The van der Waals surface area contributed by atoms with E-state index in [1.165, 1.54) is 34.4 Å². The van der Waals surface area contributed by atoms with Gasteiger partial charge in [-0.1, -0.05) is 47.1 Å². The molecule has 0 fully saturated rings. The van der Waals surface area contributed by atoms with Crippen LogP contribution in [0.25, 0.3) is 32.7 Å². The molecule has 5 aromatic rings. The molecule has 0 saturated carbocycles. The number of aromatic nitrogens is 4. The number of nitrogens with zero attached hydrogens (tertiary/aromatic N) is 4. The van der Waals surface area contributed by atoms with Gasteiger partial charge in [0.05, 0.1) is 17.3 Å². The Labute approximate surface area is 189 Å². The number of hydrogen-bond acceptors (Lipinski definition) is 6. The van der Waals surface area contributed by atoms with Crippen molar-refractivity contribution in [3.63, 3.8) is 0 Å². The topological polar surface area (TPSA) is 73.8 Å². The molecule has 0 atom stereocenters. The number of hydrogen-bond donors (Lipinski definition) is 0. The van der Waals surface area contributed by atoms with Crippen molar-refractivity contribution in [3.05, 3.63) is 87.6 Å². The van der Waals surface area contributed by atoms with Crippen LogP contribution in [0.3, 0.4) is 0 Å². The lowest BCUT2D eigenvalue weighted by atomic mass is 10.1. The highest BCUT2D eigenvalue weighted by molar-refractivity contribution is 7.17. The van der Waals surface area contributed by atoms with Crippen molar-refractivity contribution < 1.29 is 17.7 Å². The molecule has 3 heterocycles. The van der Waals surface area contributed by atoms with Crippen LogP contribution in [0.1, 0.15) is 17.0 Å². The Bertz CT molecular complexity index is 1520. The summed E-state index contributed by atoms with van der Waals surface area (Å²) in [5.74, 6) is 0.0897. The van der Waals surface area contributed by atoms with Crippen molar-refractivity contribution in [1.82, 2.24) is 19.7 Å². The van der Waals surface area contributed by atoms with E-state index in [1.807, 2.05) is 36.6 Å². The van der Waals surface area contributed by atoms with Gasteiger partial charge < -0.3 is 4.52 Å². The molecule has 33 heavy (non-hydrogen) atoms. The smallest absolute Gasteiger partial charge is 0.337 e. The number of benzene rings is 2. The summed E-state index contributed by atoms with van der Waals surface area (Å²) in [5.41, 5.74) is 1.90. The first kappa shape index (κ1) is 21.1. The van der Waals surface area contributed by atoms with Crippen molar-refractivity contribution in [2.24, 2.45) is 0 Å². The summed E-state index contributed by atoms with van der Waals surface area (Å²) in [4.78, 5) is 22.4. The summed E-state index contributed by atoms with van der Waals surface area (Å²) >= 11 is 1.38. The fourth-order valence-electron chi connectivity index (χ4n) is 3.44. The predicted molar refractivity (Wildman–Crippen MR) is 118 cm³/mol. The molecule has 0 aliphatic carbocycles. The van der Waals surface area contributed by atoms with Crippen LogP contribution in [0.2, 0.25) is 0 Å². The second-order valence-corrected chi connectivity index (χ2v) is 8.32. The van der Waals surface area contributed by atoms with Gasteiger partial charge in [0.2, 0.25) is 11.7 Å². The van der Waals surface area contributed by atoms with E-state index in [4.69, 9.17) is 4.52 Å². The Morgan fingerprint density at radius 1 is 1.09 bits per heavy atom. The number of thiophene rings is 1. The van der Waals surface area contributed by atoms with Crippen LogP contribution in [0, 0.1) is 6.92 Å². The van der Waals surface area contributed by atoms with Gasteiger partial charge in [0.25, 0.3) is 5.56 Å². The first-order valence-corrected chi connectivity index (χ1v) is 10.7. The molecule has 0 spiro atoms. The van der Waals surface area contributed by atoms with Gasteiger partial charge >= 0.3 is 6.18 Å². The van der Waals surface area contributed by atoms with E-state index >= 15 is 0 Å². The molecule has 0 amide bonds. The lowest BCUT2D eigenvalue weighted by Gasteiger charge is -2.06. The monoisotopic (exact) mass is 468 g/mol. The van der Waals surface area contributed by atoms with E-state index in [2.05, 4.69) is 15.1 Å². The average Bonchev–Trinajstić information content (AvgIpc) is 3.44. The molecule has 2 aromatic carbocycles. The number of aryl methyl sites for hydroxylation is 1. The van der Waals surface area contributed by atoms with E-state index in [-0.39, 0.29) is 29.4 Å². The number of fused-ring (bicyclic) bond motifs is 1. The van der Waals surface area contributed by atoms with Gasteiger partial charge in [-0.3, -0.25) is 9.36 Å². The standard InChI is InChI=1S/C23H15F3N4O2S/c1-13-5-7-14(8-6-13)17-11-33-21-19(17)22(31)30(12-27-21)10-18-28-20(29-32-18)15-3-2-4-16(9-15)23(24,25)26/h2-9,11-12H,10H2,1H3. The van der Waals surface area contributed by atoms with E-state index in [0.717, 1.165) is 28.8 Å². The molecule has 0 saturated heterocycles. The van der Waals surface area contributed by atoms with Crippen LogP contribution in [-0.2, 0) is 12.7 Å². The summed E-state index contributed by atoms with van der Waals surface area (Å²) in [6.07, 6.45) is -3.08. The van der Waals surface area contributed by atoms with Crippen LogP contribution in [0.4, 0.5) is 13.2 Å². The quantitative estimate of drug-likeness (QED) is 0.346. The number of rotatable bonds is 4. The maximum absolute atomic E-state index is 13.2. The van der Waals surface area contributed by atoms with Gasteiger partial charge in [0.15, 0.2) is 0 Å². The third kappa shape index (κ3) is 4.05.